The summed E-state index contributed by atoms with van der Waals surface area (Å²) < 4.78 is 12.4. The van der Waals surface area contributed by atoms with E-state index in [4.69, 9.17) is 0 Å². The van der Waals surface area contributed by atoms with Gasteiger partial charge in [-0.1, -0.05) is 18.2 Å². The van der Waals surface area contributed by atoms with Crippen molar-refractivity contribution in [3.63, 3.8) is 0 Å². The summed E-state index contributed by atoms with van der Waals surface area (Å²) in [7, 11) is 0. The monoisotopic (exact) mass is 139 g/mol. The maximum Gasteiger partial charge on any atom is 0.132 e. The van der Waals surface area contributed by atoms with Gasteiger partial charge in [0.25, 0.3) is 0 Å². The Morgan fingerprint density at radius 2 is 2.00 bits per heavy atom. The number of carbonyl (C=O) groups excluding carboxylic acids is 1. The van der Waals surface area contributed by atoms with Crippen molar-refractivity contribution in [1.82, 2.24) is 0 Å². The zero-order valence-electron chi connectivity index (χ0n) is 5.00. The molecule has 1 aromatic rings. The molecule has 1 rings (SSSR count). The maximum absolute atomic E-state index is 12.4. The third kappa shape index (κ3) is 1.13. The van der Waals surface area contributed by atoms with Crippen molar-refractivity contribution in [3.05, 3.63) is 35.6 Å². The Kier molecular flexibility index (Phi) is 1.67. The molecule has 0 atom stereocenters. The Morgan fingerprint density at radius 3 is 2.40 bits per heavy atom. The fourth-order valence-electron chi connectivity index (χ4n) is 0.627. The highest BCUT2D eigenvalue weighted by molar-refractivity contribution is 5.85. The molecule has 0 saturated heterocycles. The molecular formula is C7H4FO2-. The van der Waals surface area contributed by atoms with Crippen LogP contribution in [0.1, 0.15) is 10.4 Å². The predicted molar refractivity (Wildman–Crippen MR) is 30.7 cm³/mol. The van der Waals surface area contributed by atoms with Crippen LogP contribution in [0.15, 0.2) is 24.3 Å². The van der Waals surface area contributed by atoms with Crippen molar-refractivity contribution < 1.29 is 14.3 Å². The van der Waals surface area contributed by atoms with Crippen LogP contribution in [0.2, 0.25) is 0 Å². The van der Waals surface area contributed by atoms with Gasteiger partial charge in [-0.2, -0.15) is 0 Å². The largest absolute Gasteiger partial charge is 0.545 e. The lowest BCUT2D eigenvalue weighted by Crippen LogP contribution is -2.23. The fraction of sp³-hybridized carbons (Fsp3) is 0. The van der Waals surface area contributed by atoms with E-state index in [-0.39, 0.29) is 0 Å². The third-order valence-corrected chi connectivity index (χ3v) is 1.09. The second kappa shape index (κ2) is 2.47. The van der Waals surface area contributed by atoms with Gasteiger partial charge in [0.2, 0.25) is 0 Å². The van der Waals surface area contributed by atoms with Gasteiger partial charge in [-0.25, -0.2) is 4.39 Å². The van der Waals surface area contributed by atoms with Gasteiger partial charge in [0, 0.05) is 5.56 Å². The normalized spacial score (nSPS) is 9.30. The van der Waals surface area contributed by atoms with Gasteiger partial charge in [0.05, 0.1) is 5.97 Å². The average Bonchev–Trinajstić information content (AvgIpc) is 1.88. The van der Waals surface area contributed by atoms with Gasteiger partial charge in [-0.05, 0) is 6.07 Å². The van der Waals surface area contributed by atoms with E-state index in [2.05, 4.69) is 0 Å². The van der Waals surface area contributed by atoms with E-state index in [1.807, 2.05) is 0 Å². The number of hydrogen-bond donors (Lipinski definition) is 0. The molecular weight excluding hydrogens is 135 g/mol. The molecule has 1 aromatic carbocycles. The lowest BCUT2D eigenvalue weighted by atomic mass is 10.2. The minimum atomic E-state index is -1.49. The molecule has 0 N–H and O–H groups in total. The van der Waals surface area contributed by atoms with Crippen LogP contribution in [0.5, 0.6) is 0 Å². The van der Waals surface area contributed by atoms with Crippen LogP contribution in [0.25, 0.3) is 0 Å². The Morgan fingerprint density at radius 1 is 1.40 bits per heavy atom. The molecule has 52 valence electrons. The standard InChI is InChI=1S/C7H5FO2/c8-6-4-2-1-3-5(6)7(9)10/h1-4H,(H,9,10)/p-1. The summed E-state index contributed by atoms with van der Waals surface area (Å²) in [6, 6.07) is 5.09. The summed E-state index contributed by atoms with van der Waals surface area (Å²) >= 11 is 0. The Balaban J connectivity index is 3.15. The fourth-order valence-corrected chi connectivity index (χ4v) is 0.627. The zero-order chi connectivity index (χ0) is 7.56. The van der Waals surface area contributed by atoms with Gasteiger partial charge in [-0.15, -0.1) is 0 Å². The van der Waals surface area contributed by atoms with Crippen LogP contribution in [0, 0.1) is 5.82 Å². The molecule has 0 aliphatic heterocycles. The van der Waals surface area contributed by atoms with Crippen molar-refractivity contribution in [2.75, 3.05) is 0 Å². The zero-order valence-corrected chi connectivity index (χ0v) is 5.00. The molecule has 3 heteroatoms. The van der Waals surface area contributed by atoms with Crippen molar-refractivity contribution in [1.29, 1.82) is 0 Å². The number of carboxylic acids is 1. The summed E-state index contributed by atoms with van der Waals surface area (Å²) in [6.07, 6.45) is 0. The molecule has 2 nitrogen and oxygen atoms in total. The molecule has 0 bridgehead atoms. The first kappa shape index (κ1) is 6.74. The van der Waals surface area contributed by atoms with Crippen molar-refractivity contribution in [2.45, 2.75) is 0 Å². The van der Waals surface area contributed by atoms with E-state index >= 15 is 0 Å². The number of aromatic carboxylic acids is 1. The Hall–Kier alpha value is -1.38. The van der Waals surface area contributed by atoms with E-state index in [0.29, 0.717) is 0 Å². The first-order chi connectivity index (χ1) is 4.72. The van der Waals surface area contributed by atoms with Gasteiger partial charge in [-0.3, -0.25) is 0 Å². The van der Waals surface area contributed by atoms with Gasteiger partial charge >= 0.3 is 0 Å². The van der Waals surface area contributed by atoms with E-state index in [0.717, 1.165) is 12.1 Å². The number of carbonyl (C=O) groups is 1. The number of rotatable bonds is 1. The average molecular weight is 139 g/mol. The molecule has 0 amide bonds. The van der Waals surface area contributed by atoms with Crippen LogP contribution in [-0.4, -0.2) is 5.97 Å². The van der Waals surface area contributed by atoms with E-state index < -0.39 is 17.3 Å². The second-order valence-corrected chi connectivity index (χ2v) is 1.77. The van der Waals surface area contributed by atoms with Gasteiger partial charge < -0.3 is 9.90 Å². The first-order valence-corrected chi connectivity index (χ1v) is 2.67. The number of carboxylic acid groups (broad SMARTS) is 1. The molecule has 0 unspecified atom stereocenters. The van der Waals surface area contributed by atoms with Crippen LogP contribution in [0.3, 0.4) is 0 Å². The molecule has 0 radical (unpaired) electrons. The highest BCUT2D eigenvalue weighted by atomic mass is 19.1. The predicted octanol–water partition coefficient (Wildman–Crippen LogP) is 0.189. The number of halogens is 1. The first-order valence-electron chi connectivity index (χ1n) is 2.67. The van der Waals surface area contributed by atoms with E-state index in [1.165, 1.54) is 12.1 Å². The topological polar surface area (TPSA) is 40.1 Å². The van der Waals surface area contributed by atoms with E-state index in [9.17, 15) is 14.3 Å². The second-order valence-electron chi connectivity index (χ2n) is 1.77. The smallest absolute Gasteiger partial charge is 0.132 e. The lowest BCUT2D eigenvalue weighted by molar-refractivity contribution is -0.255. The molecule has 0 spiro atoms. The van der Waals surface area contributed by atoms with Crippen molar-refractivity contribution in [3.8, 4) is 0 Å². The summed E-state index contributed by atoms with van der Waals surface area (Å²) in [5, 5.41) is 10.1. The van der Waals surface area contributed by atoms with Gasteiger partial charge in [0.15, 0.2) is 0 Å². The SMILES string of the molecule is O=C([O-])c1ccccc1F. The van der Waals surface area contributed by atoms with E-state index in [1.54, 1.807) is 0 Å². The molecule has 0 aliphatic carbocycles. The minimum Gasteiger partial charge on any atom is -0.545 e. The molecule has 0 aliphatic rings. The number of hydrogen-bond acceptors (Lipinski definition) is 2. The molecule has 10 heavy (non-hydrogen) atoms. The summed E-state index contributed by atoms with van der Waals surface area (Å²) in [6.45, 7) is 0. The van der Waals surface area contributed by atoms with Crippen molar-refractivity contribution in [2.24, 2.45) is 0 Å². The van der Waals surface area contributed by atoms with Crippen LogP contribution >= 0.6 is 0 Å². The quantitative estimate of drug-likeness (QED) is 0.557. The summed E-state index contributed by atoms with van der Waals surface area (Å²) in [5.41, 5.74) is -0.400. The Bertz CT molecular complexity index is 258. The highest BCUT2D eigenvalue weighted by Gasteiger charge is 1.98. The van der Waals surface area contributed by atoms with Crippen LogP contribution in [0.4, 0.5) is 4.39 Å². The minimum absolute atomic E-state index is 0.400. The maximum atomic E-state index is 12.4. The Labute approximate surface area is 56.9 Å². The third-order valence-electron chi connectivity index (χ3n) is 1.09. The van der Waals surface area contributed by atoms with Crippen LogP contribution < -0.4 is 5.11 Å². The number of benzene rings is 1. The molecule has 0 fully saturated rings. The molecule has 0 heterocycles. The highest BCUT2D eigenvalue weighted by Crippen LogP contribution is 2.03. The van der Waals surface area contributed by atoms with Crippen molar-refractivity contribution >= 4 is 5.97 Å². The molecule has 0 aromatic heterocycles. The van der Waals surface area contributed by atoms with Gasteiger partial charge in [0.1, 0.15) is 5.82 Å². The lowest BCUT2D eigenvalue weighted by Gasteiger charge is -2.00. The summed E-state index contributed by atoms with van der Waals surface area (Å²) in [4.78, 5) is 10.1. The molecule has 0 saturated carbocycles. The van der Waals surface area contributed by atoms with Crippen LogP contribution in [-0.2, 0) is 0 Å². The summed E-state index contributed by atoms with van der Waals surface area (Å²) in [5.74, 6) is -2.25.